The van der Waals surface area contributed by atoms with Crippen molar-refractivity contribution in [3.05, 3.63) is 0 Å². The number of nitrogens with one attached hydrogen (secondary N) is 1. The number of hydrogen-bond donors (Lipinski definition) is 2. The maximum Gasteiger partial charge on any atom is 0.0611 e. The Bertz CT molecular complexity index is 232. The molecule has 1 rings (SSSR count). The van der Waals surface area contributed by atoms with Gasteiger partial charge in [-0.2, -0.15) is 0 Å². The van der Waals surface area contributed by atoms with Crippen LogP contribution in [0.3, 0.4) is 0 Å². The van der Waals surface area contributed by atoms with Crippen molar-refractivity contribution in [2.45, 2.75) is 57.7 Å². The highest BCUT2D eigenvalue weighted by atomic mass is 16.5. The van der Waals surface area contributed by atoms with E-state index in [0.29, 0.717) is 12.1 Å². The molecule has 0 bridgehead atoms. The summed E-state index contributed by atoms with van der Waals surface area (Å²) in [5.41, 5.74) is -0.173. The summed E-state index contributed by atoms with van der Waals surface area (Å²) in [6, 6.07) is 1.09. The second-order valence-electron chi connectivity index (χ2n) is 5.81. The molecule has 0 amide bonds. The van der Waals surface area contributed by atoms with Crippen molar-refractivity contribution in [3.8, 4) is 0 Å². The molecule has 1 fully saturated rings. The standard InChI is InChI=1S/C14H30N2O2/c1-5-15-14(3,11-17)10-12(2)16(4)13-6-8-18-9-7-13/h12-13,15,17H,5-11H2,1-4H3. The molecule has 2 atom stereocenters. The van der Waals surface area contributed by atoms with Gasteiger partial charge in [-0.3, -0.25) is 0 Å². The molecule has 1 saturated heterocycles. The Hall–Kier alpha value is -0.160. The van der Waals surface area contributed by atoms with E-state index in [9.17, 15) is 5.11 Å². The second kappa shape index (κ2) is 7.43. The Labute approximate surface area is 112 Å². The van der Waals surface area contributed by atoms with E-state index in [2.05, 4.69) is 38.0 Å². The molecule has 4 heteroatoms. The Kier molecular flexibility index (Phi) is 6.57. The topological polar surface area (TPSA) is 44.7 Å². The van der Waals surface area contributed by atoms with Crippen LogP contribution < -0.4 is 5.32 Å². The zero-order chi connectivity index (χ0) is 13.6. The summed E-state index contributed by atoms with van der Waals surface area (Å²) in [6.07, 6.45) is 3.21. The van der Waals surface area contributed by atoms with Gasteiger partial charge >= 0.3 is 0 Å². The molecule has 1 heterocycles. The van der Waals surface area contributed by atoms with Crippen LogP contribution in [0.2, 0.25) is 0 Å². The fourth-order valence-corrected chi connectivity index (χ4v) is 2.87. The number of aliphatic hydroxyl groups excluding tert-OH is 1. The van der Waals surface area contributed by atoms with Crippen molar-refractivity contribution in [1.82, 2.24) is 10.2 Å². The minimum Gasteiger partial charge on any atom is -0.394 e. The molecule has 0 saturated carbocycles. The summed E-state index contributed by atoms with van der Waals surface area (Å²) in [5, 5.41) is 13.0. The molecule has 0 aromatic rings. The van der Waals surface area contributed by atoms with E-state index in [-0.39, 0.29) is 12.1 Å². The Balaban J connectivity index is 2.49. The molecule has 2 unspecified atom stereocenters. The molecule has 0 aromatic carbocycles. The molecule has 108 valence electrons. The maximum atomic E-state index is 9.56. The summed E-state index contributed by atoms with van der Waals surface area (Å²) >= 11 is 0. The molecule has 1 aliphatic heterocycles. The lowest BCUT2D eigenvalue weighted by Crippen LogP contribution is -2.52. The predicted octanol–water partition coefficient (Wildman–Crippen LogP) is 1.24. The third-order valence-corrected chi connectivity index (χ3v) is 4.16. The molecule has 4 nitrogen and oxygen atoms in total. The smallest absolute Gasteiger partial charge is 0.0611 e. The fourth-order valence-electron chi connectivity index (χ4n) is 2.87. The number of hydrogen-bond acceptors (Lipinski definition) is 4. The highest BCUT2D eigenvalue weighted by molar-refractivity contribution is 4.88. The van der Waals surface area contributed by atoms with Crippen molar-refractivity contribution in [2.75, 3.05) is 33.4 Å². The van der Waals surface area contributed by atoms with Crippen LogP contribution in [-0.4, -0.2) is 61.0 Å². The first-order chi connectivity index (χ1) is 8.52. The third kappa shape index (κ3) is 4.50. The Morgan fingerprint density at radius 3 is 2.56 bits per heavy atom. The summed E-state index contributed by atoms with van der Waals surface area (Å²) in [7, 11) is 2.20. The Morgan fingerprint density at radius 1 is 1.44 bits per heavy atom. The number of rotatable bonds is 7. The Morgan fingerprint density at radius 2 is 2.06 bits per heavy atom. The van der Waals surface area contributed by atoms with Gasteiger partial charge in [-0.25, -0.2) is 0 Å². The SMILES string of the molecule is CCNC(C)(CO)CC(C)N(C)C1CCOCC1. The normalized spacial score (nSPS) is 23.0. The van der Waals surface area contributed by atoms with E-state index in [4.69, 9.17) is 4.74 Å². The van der Waals surface area contributed by atoms with E-state index >= 15 is 0 Å². The monoisotopic (exact) mass is 258 g/mol. The average Bonchev–Trinajstić information content (AvgIpc) is 2.39. The van der Waals surface area contributed by atoms with Crippen molar-refractivity contribution in [3.63, 3.8) is 0 Å². The fraction of sp³-hybridized carbons (Fsp3) is 1.00. The zero-order valence-electron chi connectivity index (χ0n) is 12.4. The molecular formula is C14H30N2O2. The average molecular weight is 258 g/mol. The van der Waals surface area contributed by atoms with Gasteiger partial charge in [-0.15, -0.1) is 0 Å². The minimum absolute atomic E-state index is 0.173. The van der Waals surface area contributed by atoms with Crippen molar-refractivity contribution in [2.24, 2.45) is 0 Å². The zero-order valence-corrected chi connectivity index (χ0v) is 12.4. The third-order valence-electron chi connectivity index (χ3n) is 4.16. The van der Waals surface area contributed by atoms with Crippen molar-refractivity contribution < 1.29 is 9.84 Å². The van der Waals surface area contributed by atoms with E-state index < -0.39 is 0 Å². The lowest BCUT2D eigenvalue weighted by atomic mass is 9.92. The van der Waals surface area contributed by atoms with Gasteiger partial charge in [0.05, 0.1) is 6.61 Å². The molecule has 18 heavy (non-hydrogen) atoms. The van der Waals surface area contributed by atoms with E-state index in [1.165, 1.54) is 0 Å². The molecule has 0 radical (unpaired) electrons. The highest BCUT2D eigenvalue weighted by Crippen LogP contribution is 2.21. The van der Waals surface area contributed by atoms with Crippen molar-refractivity contribution in [1.29, 1.82) is 0 Å². The van der Waals surface area contributed by atoms with Crippen LogP contribution in [0.5, 0.6) is 0 Å². The van der Waals surface area contributed by atoms with Gasteiger partial charge < -0.3 is 20.1 Å². The van der Waals surface area contributed by atoms with Gasteiger partial charge in [0.1, 0.15) is 0 Å². The summed E-state index contributed by atoms with van der Waals surface area (Å²) in [6.45, 7) is 9.28. The first-order valence-electron chi connectivity index (χ1n) is 7.18. The second-order valence-corrected chi connectivity index (χ2v) is 5.81. The van der Waals surface area contributed by atoms with Crippen LogP contribution in [0.25, 0.3) is 0 Å². The van der Waals surface area contributed by atoms with Gasteiger partial charge in [-0.05, 0) is 46.7 Å². The van der Waals surface area contributed by atoms with E-state index in [1.807, 2.05) is 0 Å². The molecular weight excluding hydrogens is 228 g/mol. The quantitative estimate of drug-likeness (QED) is 0.721. The van der Waals surface area contributed by atoms with Crippen molar-refractivity contribution >= 4 is 0 Å². The highest BCUT2D eigenvalue weighted by Gasteiger charge is 2.29. The van der Waals surface area contributed by atoms with Gasteiger partial charge in [0.15, 0.2) is 0 Å². The van der Waals surface area contributed by atoms with E-state index in [0.717, 1.165) is 39.0 Å². The summed E-state index contributed by atoms with van der Waals surface area (Å²) in [5.74, 6) is 0. The maximum absolute atomic E-state index is 9.56. The van der Waals surface area contributed by atoms with Gasteiger partial charge in [0.25, 0.3) is 0 Å². The lowest BCUT2D eigenvalue weighted by molar-refractivity contribution is 0.0224. The van der Waals surface area contributed by atoms with Gasteiger partial charge in [0.2, 0.25) is 0 Å². The number of likely N-dealkylation sites (N-methyl/N-ethyl adjacent to an activating group) is 1. The summed E-state index contributed by atoms with van der Waals surface area (Å²) < 4.78 is 5.41. The largest absolute Gasteiger partial charge is 0.394 e. The molecule has 0 aliphatic carbocycles. The predicted molar refractivity (Wildman–Crippen MR) is 74.9 cm³/mol. The summed E-state index contributed by atoms with van der Waals surface area (Å²) in [4.78, 5) is 2.45. The molecule has 1 aliphatic rings. The van der Waals surface area contributed by atoms with E-state index in [1.54, 1.807) is 0 Å². The van der Waals surface area contributed by atoms with Crippen LogP contribution in [0.1, 0.15) is 40.0 Å². The number of ether oxygens (including phenoxy) is 1. The first-order valence-corrected chi connectivity index (χ1v) is 7.18. The van der Waals surface area contributed by atoms with Gasteiger partial charge in [0, 0.05) is 30.8 Å². The van der Waals surface area contributed by atoms with Crippen LogP contribution in [0.15, 0.2) is 0 Å². The van der Waals surface area contributed by atoms with Crippen LogP contribution in [0.4, 0.5) is 0 Å². The first kappa shape index (κ1) is 15.9. The van der Waals surface area contributed by atoms with Crippen LogP contribution in [0, 0.1) is 0 Å². The van der Waals surface area contributed by atoms with Crippen LogP contribution >= 0.6 is 0 Å². The number of aliphatic hydroxyl groups is 1. The lowest BCUT2D eigenvalue weighted by Gasteiger charge is -2.39. The molecule has 0 aromatic heterocycles. The van der Waals surface area contributed by atoms with Crippen LogP contribution in [-0.2, 0) is 4.74 Å². The van der Waals surface area contributed by atoms with Gasteiger partial charge in [-0.1, -0.05) is 6.92 Å². The molecule has 0 spiro atoms. The number of nitrogens with zero attached hydrogens (tertiary/aromatic N) is 1. The minimum atomic E-state index is -0.173. The molecule has 2 N–H and O–H groups in total.